The van der Waals surface area contributed by atoms with Crippen molar-refractivity contribution in [3.8, 4) is 5.75 Å². The molecule has 0 N–H and O–H groups in total. The minimum Gasteiger partial charge on any atom is -0.497 e. The van der Waals surface area contributed by atoms with Crippen molar-refractivity contribution in [2.24, 2.45) is 0 Å². The third-order valence-corrected chi connectivity index (χ3v) is 4.91. The molecule has 0 saturated carbocycles. The third kappa shape index (κ3) is 3.61. The number of aryl methyl sites for hydroxylation is 2. The lowest BCUT2D eigenvalue weighted by atomic mass is 9.99. The Kier molecular flexibility index (Phi) is 5.19. The zero-order valence-corrected chi connectivity index (χ0v) is 14.5. The monoisotopic (exact) mass is 323 g/mol. The summed E-state index contributed by atoms with van der Waals surface area (Å²) in [6.07, 6.45) is 3.50. The van der Waals surface area contributed by atoms with Gasteiger partial charge in [0.25, 0.3) is 0 Å². The Morgan fingerprint density at radius 2 is 1.92 bits per heavy atom. The minimum atomic E-state index is 0.245. The molecule has 0 unspecified atom stereocenters. The molecule has 1 amide bonds. The van der Waals surface area contributed by atoms with Crippen molar-refractivity contribution in [1.82, 2.24) is 4.90 Å². The van der Waals surface area contributed by atoms with E-state index in [1.165, 1.54) is 16.7 Å². The molecule has 0 spiro atoms. The Morgan fingerprint density at radius 3 is 2.62 bits per heavy atom. The van der Waals surface area contributed by atoms with Gasteiger partial charge in [-0.15, -0.1) is 0 Å². The summed E-state index contributed by atoms with van der Waals surface area (Å²) in [6, 6.07) is 16.6. The van der Waals surface area contributed by atoms with E-state index in [1.54, 1.807) is 7.11 Å². The maximum atomic E-state index is 12.7. The van der Waals surface area contributed by atoms with Gasteiger partial charge in [0.05, 0.1) is 13.2 Å². The van der Waals surface area contributed by atoms with Gasteiger partial charge in [-0.25, -0.2) is 0 Å². The highest BCUT2D eigenvalue weighted by Crippen LogP contribution is 2.34. The molecule has 126 valence electrons. The SMILES string of the molecule is COc1ccc(CCC(=O)N2CCC[C@H]2c2ccccc2C)cc1. The number of carbonyl (C=O) groups is 1. The highest BCUT2D eigenvalue weighted by Gasteiger charge is 2.30. The van der Waals surface area contributed by atoms with E-state index in [2.05, 4.69) is 36.1 Å². The number of ether oxygens (including phenoxy) is 1. The molecular weight excluding hydrogens is 298 g/mol. The van der Waals surface area contributed by atoms with Gasteiger partial charge in [0.2, 0.25) is 5.91 Å². The number of methoxy groups -OCH3 is 1. The molecule has 3 heteroatoms. The van der Waals surface area contributed by atoms with Crippen molar-refractivity contribution in [2.75, 3.05) is 13.7 Å². The van der Waals surface area contributed by atoms with Crippen LogP contribution in [0.3, 0.4) is 0 Å². The summed E-state index contributed by atoms with van der Waals surface area (Å²) >= 11 is 0. The van der Waals surface area contributed by atoms with Gasteiger partial charge in [-0.3, -0.25) is 4.79 Å². The predicted octanol–water partition coefficient (Wildman–Crippen LogP) is 4.30. The third-order valence-electron chi connectivity index (χ3n) is 4.91. The van der Waals surface area contributed by atoms with Crippen molar-refractivity contribution in [3.63, 3.8) is 0 Å². The maximum Gasteiger partial charge on any atom is 0.223 e. The standard InChI is InChI=1S/C21H25NO2/c1-16-6-3-4-7-19(16)20-8-5-15-22(20)21(23)14-11-17-9-12-18(24-2)13-10-17/h3-4,6-7,9-10,12-13,20H,5,8,11,14-15H2,1-2H3/t20-/m0/s1. The smallest absolute Gasteiger partial charge is 0.223 e. The highest BCUT2D eigenvalue weighted by atomic mass is 16.5. The van der Waals surface area contributed by atoms with E-state index in [1.807, 2.05) is 24.3 Å². The summed E-state index contributed by atoms with van der Waals surface area (Å²) in [7, 11) is 1.66. The van der Waals surface area contributed by atoms with Crippen molar-refractivity contribution in [1.29, 1.82) is 0 Å². The van der Waals surface area contributed by atoms with Crippen LogP contribution in [-0.2, 0) is 11.2 Å². The molecule has 3 nitrogen and oxygen atoms in total. The van der Waals surface area contributed by atoms with Gasteiger partial charge in [0.15, 0.2) is 0 Å². The molecular formula is C21H25NO2. The molecule has 1 aliphatic heterocycles. The topological polar surface area (TPSA) is 29.5 Å². The van der Waals surface area contributed by atoms with Crippen molar-refractivity contribution < 1.29 is 9.53 Å². The van der Waals surface area contributed by atoms with Gasteiger partial charge in [-0.2, -0.15) is 0 Å². The molecule has 0 aromatic heterocycles. The molecule has 1 aliphatic rings. The van der Waals surface area contributed by atoms with E-state index in [9.17, 15) is 4.79 Å². The first-order valence-electron chi connectivity index (χ1n) is 8.67. The van der Waals surface area contributed by atoms with Gasteiger partial charge in [-0.1, -0.05) is 36.4 Å². The number of benzene rings is 2. The van der Waals surface area contributed by atoms with E-state index in [4.69, 9.17) is 4.74 Å². The molecule has 1 atom stereocenters. The largest absolute Gasteiger partial charge is 0.497 e. The van der Waals surface area contributed by atoms with Crippen molar-refractivity contribution in [3.05, 3.63) is 65.2 Å². The molecule has 0 bridgehead atoms. The molecule has 1 fully saturated rings. The number of likely N-dealkylation sites (tertiary alicyclic amines) is 1. The van der Waals surface area contributed by atoms with Gasteiger partial charge in [0, 0.05) is 13.0 Å². The van der Waals surface area contributed by atoms with Crippen LogP contribution in [0.2, 0.25) is 0 Å². The van der Waals surface area contributed by atoms with Gasteiger partial charge in [-0.05, 0) is 55.0 Å². The quantitative estimate of drug-likeness (QED) is 0.821. The summed E-state index contributed by atoms with van der Waals surface area (Å²) in [5, 5.41) is 0. The molecule has 3 rings (SSSR count). The lowest BCUT2D eigenvalue weighted by molar-refractivity contribution is -0.132. The minimum absolute atomic E-state index is 0.245. The Morgan fingerprint density at radius 1 is 1.17 bits per heavy atom. The summed E-state index contributed by atoms with van der Waals surface area (Å²) in [5.74, 6) is 1.11. The van der Waals surface area contributed by atoms with Gasteiger partial charge in [0.1, 0.15) is 5.75 Å². The van der Waals surface area contributed by atoms with E-state index in [0.717, 1.165) is 31.6 Å². The van der Waals surface area contributed by atoms with Crippen molar-refractivity contribution in [2.45, 2.75) is 38.6 Å². The summed E-state index contributed by atoms with van der Waals surface area (Å²) in [5.41, 5.74) is 3.75. The van der Waals surface area contributed by atoms with Crippen LogP contribution in [0.15, 0.2) is 48.5 Å². The number of amides is 1. The van der Waals surface area contributed by atoms with E-state index >= 15 is 0 Å². The second-order valence-corrected chi connectivity index (χ2v) is 6.45. The molecule has 1 saturated heterocycles. The predicted molar refractivity (Wildman–Crippen MR) is 96.2 cm³/mol. The average Bonchev–Trinajstić information content (AvgIpc) is 3.10. The second kappa shape index (κ2) is 7.52. The van der Waals surface area contributed by atoms with Crippen LogP contribution < -0.4 is 4.74 Å². The first kappa shape index (κ1) is 16.6. The molecule has 0 aliphatic carbocycles. The van der Waals surface area contributed by atoms with Crippen LogP contribution >= 0.6 is 0 Å². The Hall–Kier alpha value is -2.29. The summed E-state index contributed by atoms with van der Waals surface area (Å²) < 4.78 is 5.18. The van der Waals surface area contributed by atoms with Crippen LogP contribution in [0.25, 0.3) is 0 Å². The molecule has 0 radical (unpaired) electrons. The Bertz CT molecular complexity index is 693. The van der Waals surface area contributed by atoms with E-state index < -0.39 is 0 Å². The summed E-state index contributed by atoms with van der Waals surface area (Å²) in [6.45, 7) is 3.01. The number of hydrogen-bond acceptors (Lipinski definition) is 2. The Balaban J connectivity index is 1.64. The molecule has 2 aromatic carbocycles. The van der Waals surface area contributed by atoms with Crippen LogP contribution in [0.1, 0.15) is 42.0 Å². The first-order valence-corrected chi connectivity index (χ1v) is 8.67. The second-order valence-electron chi connectivity index (χ2n) is 6.45. The first-order chi connectivity index (χ1) is 11.7. The number of rotatable bonds is 5. The van der Waals surface area contributed by atoms with Crippen LogP contribution in [-0.4, -0.2) is 24.5 Å². The summed E-state index contributed by atoms with van der Waals surface area (Å²) in [4.78, 5) is 14.8. The lowest BCUT2D eigenvalue weighted by Crippen LogP contribution is -2.31. The number of carbonyl (C=O) groups excluding carboxylic acids is 1. The van der Waals surface area contributed by atoms with Crippen LogP contribution in [0.4, 0.5) is 0 Å². The van der Waals surface area contributed by atoms with Crippen LogP contribution in [0.5, 0.6) is 5.75 Å². The maximum absolute atomic E-state index is 12.7. The van der Waals surface area contributed by atoms with E-state index in [0.29, 0.717) is 6.42 Å². The zero-order valence-electron chi connectivity index (χ0n) is 14.5. The van der Waals surface area contributed by atoms with Gasteiger partial charge < -0.3 is 9.64 Å². The van der Waals surface area contributed by atoms with Crippen LogP contribution in [0, 0.1) is 6.92 Å². The molecule has 24 heavy (non-hydrogen) atoms. The zero-order chi connectivity index (χ0) is 16.9. The molecule has 1 heterocycles. The molecule has 2 aromatic rings. The normalized spacial score (nSPS) is 17.1. The van der Waals surface area contributed by atoms with Crippen molar-refractivity contribution >= 4 is 5.91 Å². The fourth-order valence-electron chi connectivity index (χ4n) is 3.54. The number of hydrogen-bond donors (Lipinski definition) is 0. The average molecular weight is 323 g/mol. The Labute approximate surface area is 144 Å². The lowest BCUT2D eigenvalue weighted by Gasteiger charge is -2.26. The highest BCUT2D eigenvalue weighted by molar-refractivity contribution is 5.77. The van der Waals surface area contributed by atoms with Gasteiger partial charge >= 0.3 is 0 Å². The van der Waals surface area contributed by atoms with E-state index in [-0.39, 0.29) is 11.9 Å². The number of nitrogens with zero attached hydrogens (tertiary/aromatic N) is 1. The fraction of sp³-hybridized carbons (Fsp3) is 0.381. The fourth-order valence-corrected chi connectivity index (χ4v) is 3.54.